The molecule has 0 spiro atoms. The Kier molecular flexibility index (Phi) is 5.59. The number of benzene rings is 1. The molecule has 1 unspecified atom stereocenters. The normalized spacial score (nSPS) is 19.1. The minimum absolute atomic E-state index is 0.0829. The van der Waals surface area contributed by atoms with E-state index in [2.05, 4.69) is 5.32 Å². The molecule has 1 N–H and O–H groups in total. The van der Waals surface area contributed by atoms with Crippen molar-refractivity contribution in [2.24, 2.45) is 0 Å². The van der Waals surface area contributed by atoms with Crippen molar-refractivity contribution in [3.8, 4) is 5.75 Å². The summed E-state index contributed by atoms with van der Waals surface area (Å²) in [7, 11) is -1.56. The van der Waals surface area contributed by atoms with Crippen molar-refractivity contribution in [1.82, 2.24) is 10.2 Å². The number of carbonyl (C=O) groups excluding carboxylic acids is 1. The Hall–Kier alpha value is -1.67. The third-order valence-corrected chi connectivity index (χ3v) is 5.47. The number of nitrogens with one attached hydrogen (secondary N) is 1. The maximum Gasteiger partial charge on any atom is 0.234 e. The van der Waals surface area contributed by atoms with E-state index in [0.29, 0.717) is 18.7 Å². The van der Waals surface area contributed by atoms with Crippen molar-refractivity contribution in [2.45, 2.75) is 13.0 Å². The summed E-state index contributed by atoms with van der Waals surface area (Å²) >= 11 is 0. The monoisotopic (exact) mass is 344 g/mol. The van der Waals surface area contributed by atoms with Gasteiger partial charge in [-0.25, -0.2) is 12.8 Å². The number of hydrogen-bond acceptors (Lipinski definition) is 5. The summed E-state index contributed by atoms with van der Waals surface area (Å²) < 4.78 is 41.3. The third kappa shape index (κ3) is 4.90. The van der Waals surface area contributed by atoms with Crippen LogP contribution < -0.4 is 10.1 Å². The van der Waals surface area contributed by atoms with Crippen molar-refractivity contribution < 1.29 is 22.3 Å². The number of hydrogen-bond donors (Lipinski definition) is 1. The van der Waals surface area contributed by atoms with Gasteiger partial charge in [-0.2, -0.15) is 0 Å². The molecule has 1 aromatic rings. The van der Waals surface area contributed by atoms with E-state index in [0.717, 1.165) is 0 Å². The minimum Gasteiger partial charge on any atom is -0.494 e. The first-order valence-corrected chi connectivity index (χ1v) is 9.18. The van der Waals surface area contributed by atoms with E-state index in [4.69, 9.17) is 4.74 Å². The van der Waals surface area contributed by atoms with Crippen molar-refractivity contribution in [2.75, 3.05) is 38.2 Å². The lowest BCUT2D eigenvalue weighted by atomic mass is 10.1. The van der Waals surface area contributed by atoms with Crippen LogP contribution in [0.1, 0.15) is 18.5 Å². The molecule has 1 heterocycles. The number of carbonyl (C=O) groups is 1. The first kappa shape index (κ1) is 17.7. The van der Waals surface area contributed by atoms with Crippen molar-refractivity contribution in [1.29, 1.82) is 0 Å². The second kappa shape index (κ2) is 7.27. The number of methoxy groups -OCH3 is 1. The van der Waals surface area contributed by atoms with Gasteiger partial charge >= 0.3 is 0 Å². The van der Waals surface area contributed by atoms with Crippen LogP contribution in [0.5, 0.6) is 5.75 Å². The van der Waals surface area contributed by atoms with Crippen LogP contribution in [-0.4, -0.2) is 57.5 Å². The predicted octanol–water partition coefficient (Wildman–Crippen LogP) is 0.742. The van der Waals surface area contributed by atoms with E-state index in [-0.39, 0.29) is 35.7 Å². The molecule has 128 valence electrons. The van der Waals surface area contributed by atoms with Crippen LogP contribution in [0.2, 0.25) is 0 Å². The van der Waals surface area contributed by atoms with Gasteiger partial charge in [0.2, 0.25) is 5.91 Å². The highest BCUT2D eigenvalue weighted by molar-refractivity contribution is 7.91. The molecule has 0 aliphatic carbocycles. The number of amides is 1. The van der Waals surface area contributed by atoms with Gasteiger partial charge in [0.15, 0.2) is 21.4 Å². The molecule has 6 nitrogen and oxygen atoms in total. The molecule has 1 aliphatic heterocycles. The molecule has 0 bridgehead atoms. The maximum atomic E-state index is 13.7. The Morgan fingerprint density at radius 1 is 1.39 bits per heavy atom. The van der Waals surface area contributed by atoms with Crippen molar-refractivity contribution in [3.05, 3.63) is 29.6 Å². The van der Waals surface area contributed by atoms with Crippen LogP contribution in [0, 0.1) is 5.82 Å². The highest BCUT2D eigenvalue weighted by Gasteiger charge is 2.23. The lowest BCUT2D eigenvalue weighted by molar-refractivity contribution is -0.122. The van der Waals surface area contributed by atoms with Crippen LogP contribution in [0.4, 0.5) is 4.39 Å². The fourth-order valence-electron chi connectivity index (χ4n) is 2.43. The number of rotatable bonds is 5. The molecular weight excluding hydrogens is 323 g/mol. The minimum atomic E-state index is -2.96. The fraction of sp³-hybridized carbons (Fsp3) is 0.533. The average Bonchev–Trinajstić information content (AvgIpc) is 2.49. The zero-order chi connectivity index (χ0) is 17.0. The van der Waals surface area contributed by atoms with E-state index in [1.807, 2.05) is 0 Å². The second-order valence-electron chi connectivity index (χ2n) is 5.61. The van der Waals surface area contributed by atoms with Gasteiger partial charge < -0.3 is 10.1 Å². The quantitative estimate of drug-likeness (QED) is 0.853. The smallest absolute Gasteiger partial charge is 0.234 e. The van der Waals surface area contributed by atoms with Gasteiger partial charge in [0.05, 0.1) is 31.2 Å². The molecule has 0 saturated carbocycles. The summed E-state index contributed by atoms with van der Waals surface area (Å²) in [4.78, 5) is 13.8. The number of halogens is 1. The predicted molar refractivity (Wildman–Crippen MR) is 84.6 cm³/mol. The summed E-state index contributed by atoms with van der Waals surface area (Å²) in [5.41, 5.74) is 0.637. The topological polar surface area (TPSA) is 75.7 Å². The highest BCUT2D eigenvalue weighted by atomic mass is 32.2. The Morgan fingerprint density at radius 2 is 2.04 bits per heavy atom. The summed E-state index contributed by atoms with van der Waals surface area (Å²) in [6.07, 6.45) is 0. The SMILES string of the molecule is COc1ccc(C(C)NC(=O)CN2CCS(=O)(=O)CC2)cc1F. The molecule has 1 amide bonds. The Labute approximate surface area is 135 Å². The molecule has 23 heavy (non-hydrogen) atoms. The van der Waals surface area contributed by atoms with Crippen LogP contribution in [-0.2, 0) is 14.6 Å². The molecule has 1 fully saturated rings. The number of sulfone groups is 1. The van der Waals surface area contributed by atoms with Crippen LogP contribution in [0.3, 0.4) is 0 Å². The van der Waals surface area contributed by atoms with Gasteiger partial charge in [0.25, 0.3) is 0 Å². The van der Waals surface area contributed by atoms with Crippen LogP contribution in [0.25, 0.3) is 0 Å². The zero-order valence-electron chi connectivity index (χ0n) is 13.2. The number of nitrogens with zero attached hydrogens (tertiary/aromatic N) is 1. The standard InChI is InChI=1S/C15H21FN2O4S/c1-11(12-3-4-14(22-2)13(16)9-12)17-15(19)10-18-5-7-23(20,21)8-6-18/h3-4,9,11H,5-8,10H2,1-2H3,(H,17,19). The molecule has 1 aliphatic rings. The second-order valence-corrected chi connectivity index (χ2v) is 7.91. The third-order valence-electron chi connectivity index (χ3n) is 3.86. The maximum absolute atomic E-state index is 13.7. The van der Waals surface area contributed by atoms with Crippen LogP contribution >= 0.6 is 0 Å². The summed E-state index contributed by atoms with van der Waals surface area (Å²) in [6.45, 7) is 2.63. The molecule has 0 aromatic heterocycles. The average molecular weight is 344 g/mol. The van der Waals surface area contributed by atoms with Crippen LogP contribution in [0.15, 0.2) is 18.2 Å². The highest BCUT2D eigenvalue weighted by Crippen LogP contribution is 2.21. The summed E-state index contributed by atoms with van der Waals surface area (Å²) in [5.74, 6) is -0.374. The van der Waals surface area contributed by atoms with Gasteiger partial charge in [-0.1, -0.05) is 6.07 Å². The lowest BCUT2D eigenvalue weighted by Gasteiger charge is -2.26. The molecule has 1 atom stereocenters. The van der Waals surface area contributed by atoms with Gasteiger partial charge in [-0.05, 0) is 24.6 Å². The van der Waals surface area contributed by atoms with E-state index in [1.165, 1.54) is 19.2 Å². The molecule has 1 aromatic carbocycles. The largest absolute Gasteiger partial charge is 0.494 e. The Balaban J connectivity index is 1.88. The van der Waals surface area contributed by atoms with Gasteiger partial charge in [0, 0.05) is 13.1 Å². The Bertz CT molecular complexity index is 664. The lowest BCUT2D eigenvalue weighted by Crippen LogP contribution is -2.45. The van der Waals surface area contributed by atoms with Gasteiger partial charge in [-0.3, -0.25) is 9.69 Å². The summed E-state index contributed by atoms with van der Waals surface area (Å²) in [5, 5.41) is 2.79. The Morgan fingerprint density at radius 3 is 2.61 bits per heavy atom. The zero-order valence-corrected chi connectivity index (χ0v) is 14.0. The summed E-state index contributed by atoms with van der Waals surface area (Å²) in [6, 6.07) is 4.19. The molecule has 1 saturated heterocycles. The van der Waals surface area contributed by atoms with Gasteiger partial charge in [-0.15, -0.1) is 0 Å². The van der Waals surface area contributed by atoms with E-state index in [9.17, 15) is 17.6 Å². The van der Waals surface area contributed by atoms with E-state index in [1.54, 1.807) is 17.9 Å². The first-order valence-electron chi connectivity index (χ1n) is 7.36. The van der Waals surface area contributed by atoms with E-state index >= 15 is 0 Å². The van der Waals surface area contributed by atoms with Crippen molar-refractivity contribution in [3.63, 3.8) is 0 Å². The molecular formula is C15H21FN2O4S. The number of ether oxygens (including phenoxy) is 1. The molecule has 2 rings (SSSR count). The van der Waals surface area contributed by atoms with Gasteiger partial charge in [0.1, 0.15) is 0 Å². The first-order chi connectivity index (χ1) is 10.8. The van der Waals surface area contributed by atoms with E-state index < -0.39 is 15.7 Å². The molecule has 8 heteroatoms. The van der Waals surface area contributed by atoms with Crippen molar-refractivity contribution >= 4 is 15.7 Å². The fourth-order valence-corrected chi connectivity index (χ4v) is 3.71. The molecule has 0 radical (unpaired) electrons.